The van der Waals surface area contributed by atoms with Crippen molar-refractivity contribution in [2.75, 3.05) is 26.2 Å². The molecule has 1 N–H and O–H groups in total. The van der Waals surface area contributed by atoms with Crippen LogP contribution in [0.1, 0.15) is 63.5 Å². The molecule has 0 radical (unpaired) electrons. The lowest BCUT2D eigenvalue weighted by atomic mass is 9.55. The first-order valence-corrected chi connectivity index (χ1v) is 16.3. The smallest absolute Gasteiger partial charge is 0.130 e. The molecular weight excluding hydrogens is 504 g/mol. The van der Waals surface area contributed by atoms with E-state index in [0.717, 1.165) is 6.42 Å². The Balaban J connectivity index is 1.27. The topological polar surface area (TPSA) is 47.7 Å². The molecule has 7 atom stereocenters. The van der Waals surface area contributed by atoms with Crippen molar-refractivity contribution in [1.29, 1.82) is 0 Å². The molecule has 5 heteroatoms. The van der Waals surface area contributed by atoms with Gasteiger partial charge in [-0.15, -0.1) is 0 Å². The molecule has 9 rings (SSSR count). The highest BCUT2D eigenvalue weighted by atomic mass is 16.6. The van der Waals surface area contributed by atoms with Gasteiger partial charge in [-0.3, -0.25) is 9.88 Å². The zero-order valence-electron chi connectivity index (χ0n) is 24.1. The largest absolute Gasteiger partial charge is 0.360 e. The maximum atomic E-state index is 7.03. The highest BCUT2D eigenvalue weighted by Crippen LogP contribution is 2.66. The van der Waals surface area contributed by atoms with Gasteiger partial charge in [0, 0.05) is 40.5 Å². The molecule has 41 heavy (non-hydrogen) atoms. The summed E-state index contributed by atoms with van der Waals surface area (Å²) in [5, 5.41) is 2.58. The van der Waals surface area contributed by atoms with Gasteiger partial charge in [0.15, 0.2) is 0 Å². The lowest BCUT2D eigenvalue weighted by Crippen LogP contribution is -2.62. The van der Waals surface area contributed by atoms with Crippen LogP contribution >= 0.6 is 0 Å². The van der Waals surface area contributed by atoms with E-state index in [1.54, 1.807) is 0 Å². The van der Waals surface area contributed by atoms with E-state index in [0.29, 0.717) is 18.0 Å². The summed E-state index contributed by atoms with van der Waals surface area (Å²) < 4.78 is 7.03. The summed E-state index contributed by atoms with van der Waals surface area (Å²) in [7, 11) is 0. The molecular formula is C36H42N4O. The van der Waals surface area contributed by atoms with Crippen LogP contribution in [0.2, 0.25) is 0 Å². The summed E-state index contributed by atoms with van der Waals surface area (Å²) in [6.07, 6.45) is 25.9. The fourth-order valence-corrected chi connectivity index (χ4v) is 9.87. The molecule has 2 aromatic heterocycles. The standard InChI is InChI=1S/C36H42N4O/c1-2-7-15-31-36(41-31)23-28(32-33-27(16-18-37-32)26-13-8-9-14-30(26)38-33)29-17-21-39(19-10-4-1)24-35(29)22-25-12-6-3-5-11-20-40(25)34(35)36/h2,6-9,12-14,16,18,23,25,29,31,34,38H,1,3-5,10-11,15,17,19-22,24H2/t25-,29-,31+,34+,35-,36+/m0/s1. The van der Waals surface area contributed by atoms with Crippen molar-refractivity contribution in [1.82, 2.24) is 19.8 Å². The number of H-pyrrole nitrogens is 1. The summed E-state index contributed by atoms with van der Waals surface area (Å²) in [5.74, 6) is 0.492. The van der Waals surface area contributed by atoms with E-state index in [1.165, 1.54) is 111 Å². The molecule has 0 saturated carbocycles. The van der Waals surface area contributed by atoms with Gasteiger partial charge in [-0.25, -0.2) is 0 Å². The van der Waals surface area contributed by atoms with Crippen LogP contribution in [0, 0.1) is 11.3 Å². The molecule has 3 saturated heterocycles. The molecule has 1 aromatic carbocycles. The number of fused-ring (bicyclic) bond motifs is 5. The number of rotatable bonds is 1. The lowest BCUT2D eigenvalue weighted by Gasteiger charge is -2.55. The summed E-state index contributed by atoms with van der Waals surface area (Å²) >= 11 is 0. The second-order valence-electron chi connectivity index (χ2n) is 13.7. The molecule has 212 valence electrons. The number of nitrogens with one attached hydrogen (secondary N) is 1. The third-order valence-electron chi connectivity index (χ3n) is 11.5. The van der Waals surface area contributed by atoms with E-state index in [1.807, 2.05) is 6.20 Å². The molecule has 3 fully saturated rings. The fraction of sp³-hybridized carbons (Fsp3) is 0.528. The number of epoxide rings is 1. The molecule has 5 aliphatic heterocycles. The molecule has 7 heterocycles. The Morgan fingerprint density at radius 1 is 0.927 bits per heavy atom. The van der Waals surface area contributed by atoms with Gasteiger partial charge in [-0.2, -0.15) is 0 Å². The molecule has 6 aliphatic rings. The Bertz CT molecular complexity index is 1580. The monoisotopic (exact) mass is 546 g/mol. The van der Waals surface area contributed by atoms with Crippen molar-refractivity contribution in [2.24, 2.45) is 11.3 Å². The number of nitrogens with zero attached hydrogens (tertiary/aromatic N) is 3. The number of piperidine rings is 1. The van der Waals surface area contributed by atoms with E-state index in [9.17, 15) is 0 Å². The van der Waals surface area contributed by atoms with E-state index < -0.39 is 0 Å². The maximum absolute atomic E-state index is 7.03. The number of hydrogen-bond donors (Lipinski definition) is 1. The second kappa shape index (κ2) is 9.39. The average molecular weight is 547 g/mol. The second-order valence-corrected chi connectivity index (χ2v) is 13.7. The van der Waals surface area contributed by atoms with Crippen LogP contribution in [0.15, 0.2) is 66.9 Å². The van der Waals surface area contributed by atoms with Crippen LogP contribution in [0.5, 0.6) is 0 Å². The number of ether oxygens (including phenoxy) is 1. The van der Waals surface area contributed by atoms with Crippen molar-refractivity contribution in [3.05, 3.63) is 72.6 Å². The SMILES string of the molecule is C1=CC[C@H]2O[C@]23C=C(c2nccc4c2[nH]c2ccccc24)[C@@H]2CCN(CCCC1)C[C@@]21C[C@@H]2C=CCCCCN2[C@H]13. The van der Waals surface area contributed by atoms with Crippen molar-refractivity contribution in [3.8, 4) is 0 Å². The Kier molecular flexibility index (Phi) is 5.69. The van der Waals surface area contributed by atoms with Gasteiger partial charge in [0.05, 0.1) is 23.4 Å². The van der Waals surface area contributed by atoms with Crippen LogP contribution in [-0.2, 0) is 4.74 Å². The van der Waals surface area contributed by atoms with Gasteiger partial charge < -0.3 is 14.6 Å². The van der Waals surface area contributed by atoms with Crippen LogP contribution in [0.4, 0.5) is 0 Å². The Morgan fingerprint density at radius 3 is 2.80 bits per heavy atom. The van der Waals surface area contributed by atoms with Gasteiger partial charge >= 0.3 is 0 Å². The minimum absolute atomic E-state index is 0.171. The van der Waals surface area contributed by atoms with Crippen molar-refractivity contribution in [3.63, 3.8) is 0 Å². The highest BCUT2D eigenvalue weighted by Gasteiger charge is 2.74. The number of pyridine rings is 1. The predicted octanol–water partition coefficient (Wildman–Crippen LogP) is 6.87. The molecule has 0 amide bonds. The van der Waals surface area contributed by atoms with Gasteiger partial charge in [0.2, 0.25) is 0 Å². The molecule has 1 aliphatic carbocycles. The number of aromatic nitrogens is 2. The third-order valence-corrected chi connectivity index (χ3v) is 11.5. The maximum Gasteiger partial charge on any atom is 0.130 e. The fourth-order valence-electron chi connectivity index (χ4n) is 9.87. The minimum atomic E-state index is -0.231. The van der Waals surface area contributed by atoms with E-state index >= 15 is 0 Å². The zero-order chi connectivity index (χ0) is 27.0. The van der Waals surface area contributed by atoms with Crippen molar-refractivity contribution < 1.29 is 4.74 Å². The first-order valence-electron chi connectivity index (χ1n) is 16.3. The Labute approximate surface area is 243 Å². The van der Waals surface area contributed by atoms with Crippen LogP contribution in [0.3, 0.4) is 0 Å². The molecule has 1 unspecified atom stereocenters. The normalized spacial score (nSPS) is 38.6. The van der Waals surface area contributed by atoms with Crippen LogP contribution in [-0.4, -0.2) is 69.7 Å². The van der Waals surface area contributed by atoms with E-state index in [-0.39, 0.29) is 17.1 Å². The Morgan fingerprint density at radius 2 is 1.83 bits per heavy atom. The number of hydrogen-bond acceptors (Lipinski definition) is 4. The summed E-state index contributed by atoms with van der Waals surface area (Å²) in [4.78, 5) is 14.7. The number of benzene rings is 1. The minimum Gasteiger partial charge on any atom is -0.360 e. The van der Waals surface area contributed by atoms with Crippen molar-refractivity contribution in [2.45, 2.75) is 81.6 Å². The molecule has 5 nitrogen and oxygen atoms in total. The molecule has 2 spiro atoms. The van der Waals surface area contributed by atoms with E-state index in [4.69, 9.17) is 9.72 Å². The summed E-state index contributed by atoms with van der Waals surface area (Å²) in [6.45, 7) is 4.80. The molecule has 3 bridgehead atoms. The first-order chi connectivity index (χ1) is 20.3. The number of aromatic amines is 1. The number of allylic oxidation sites excluding steroid dienone is 3. The first kappa shape index (κ1) is 24.8. The third kappa shape index (κ3) is 3.68. The van der Waals surface area contributed by atoms with Gasteiger partial charge in [0.25, 0.3) is 0 Å². The quantitative estimate of drug-likeness (QED) is 0.267. The van der Waals surface area contributed by atoms with Gasteiger partial charge in [-0.1, -0.05) is 42.5 Å². The van der Waals surface area contributed by atoms with Crippen LogP contribution in [0.25, 0.3) is 27.4 Å². The van der Waals surface area contributed by atoms with Gasteiger partial charge in [-0.05, 0) is 107 Å². The predicted molar refractivity (Wildman–Crippen MR) is 166 cm³/mol. The molecule has 3 aromatic rings. The van der Waals surface area contributed by atoms with E-state index in [2.05, 4.69) is 75.5 Å². The summed E-state index contributed by atoms with van der Waals surface area (Å²) in [6, 6.07) is 11.9. The van der Waals surface area contributed by atoms with Gasteiger partial charge in [0.1, 0.15) is 5.60 Å². The zero-order valence-corrected chi connectivity index (χ0v) is 24.1. The lowest BCUT2D eigenvalue weighted by molar-refractivity contribution is -0.0138. The summed E-state index contributed by atoms with van der Waals surface area (Å²) in [5.41, 5.74) is 4.96. The Hall–Kier alpha value is -2.73. The number of para-hydroxylation sites is 1. The van der Waals surface area contributed by atoms with Crippen molar-refractivity contribution >= 4 is 27.4 Å². The van der Waals surface area contributed by atoms with Crippen LogP contribution < -0.4 is 0 Å². The average Bonchev–Trinajstić information content (AvgIpc) is 3.35. The highest BCUT2D eigenvalue weighted by molar-refractivity contribution is 6.09.